The van der Waals surface area contributed by atoms with Gasteiger partial charge in [-0.2, -0.15) is 26.3 Å². The van der Waals surface area contributed by atoms with Crippen LogP contribution in [-0.4, -0.2) is 69.9 Å². The molecule has 1 aliphatic carbocycles. The summed E-state index contributed by atoms with van der Waals surface area (Å²) in [5.74, 6) is -4.95. The number of hydrogen-bond donors (Lipinski definition) is 6. The summed E-state index contributed by atoms with van der Waals surface area (Å²) in [7, 11) is 0. The molecule has 2 aromatic rings. The quantitative estimate of drug-likeness (QED) is 0.246. The summed E-state index contributed by atoms with van der Waals surface area (Å²) in [6, 6.07) is 13.3. The first-order valence-electron chi connectivity index (χ1n) is 13.5. The SMILES string of the molecule is Cc1nc(N)ccc1CNC(=O)[C@H](C)NC(=O)[C@H]1C[C@H](C2(c3ccccc3)CC2)CN1.O=C(O)C(F)(F)F.O=C(O)C(F)(F)F. The fourth-order valence-corrected chi connectivity index (χ4v) is 4.70. The second kappa shape index (κ2) is 15.0. The van der Waals surface area contributed by atoms with Crippen molar-refractivity contribution < 1.29 is 55.7 Å². The lowest BCUT2D eigenvalue weighted by molar-refractivity contribution is -0.193. The number of nitrogens with two attached hydrogens (primary N) is 1. The average molecular weight is 650 g/mol. The van der Waals surface area contributed by atoms with E-state index in [4.69, 9.17) is 25.5 Å². The molecule has 4 rings (SSSR count). The molecule has 0 unspecified atom stereocenters. The molecule has 2 amide bonds. The summed E-state index contributed by atoms with van der Waals surface area (Å²) in [6.07, 6.45) is -7.02. The third-order valence-corrected chi connectivity index (χ3v) is 7.27. The minimum atomic E-state index is -5.08. The van der Waals surface area contributed by atoms with E-state index in [1.807, 2.05) is 19.1 Å². The number of aromatic nitrogens is 1. The predicted molar refractivity (Wildman–Crippen MR) is 147 cm³/mol. The maximum Gasteiger partial charge on any atom is 0.490 e. The van der Waals surface area contributed by atoms with Crippen LogP contribution in [0.15, 0.2) is 42.5 Å². The maximum absolute atomic E-state index is 12.8. The normalized spacial score (nSPS) is 19.0. The first-order valence-corrected chi connectivity index (χ1v) is 13.5. The van der Waals surface area contributed by atoms with Crippen LogP contribution in [0.3, 0.4) is 0 Å². The molecule has 0 radical (unpaired) electrons. The van der Waals surface area contributed by atoms with Crippen molar-refractivity contribution >= 4 is 29.6 Å². The van der Waals surface area contributed by atoms with E-state index in [1.165, 1.54) is 18.4 Å². The number of nitrogens with zero attached hydrogens (tertiary/aromatic N) is 1. The largest absolute Gasteiger partial charge is 0.490 e. The molecule has 1 aromatic heterocycles. The minimum absolute atomic E-state index is 0.112. The molecule has 17 heteroatoms. The molecule has 2 aliphatic rings. The Hall–Kier alpha value is -4.41. The van der Waals surface area contributed by atoms with Crippen molar-refractivity contribution in [1.82, 2.24) is 20.9 Å². The molecule has 0 bridgehead atoms. The van der Waals surface area contributed by atoms with Gasteiger partial charge in [-0.1, -0.05) is 36.4 Å². The van der Waals surface area contributed by atoms with Crippen molar-refractivity contribution in [1.29, 1.82) is 0 Å². The number of carboxylic acid groups (broad SMARTS) is 2. The van der Waals surface area contributed by atoms with Gasteiger partial charge in [0, 0.05) is 12.2 Å². The van der Waals surface area contributed by atoms with Crippen LogP contribution < -0.4 is 21.7 Å². The maximum atomic E-state index is 12.8. The zero-order valence-electron chi connectivity index (χ0n) is 24.1. The van der Waals surface area contributed by atoms with Gasteiger partial charge in [-0.25, -0.2) is 14.6 Å². The van der Waals surface area contributed by atoms with Crippen LogP contribution in [0.4, 0.5) is 32.2 Å². The number of benzene rings is 1. The van der Waals surface area contributed by atoms with Crippen LogP contribution in [-0.2, 0) is 31.1 Å². The van der Waals surface area contributed by atoms with Gasteiger partial charge in [-0.15, -0.1) is 0 Å². The summed E-state index contributed by atoms with van der Waals surface area (Å²) in [5, 5.41) is 23.4. The van der Waals surface area contributed by atoms with Gasteiger partial charge in [0.2, 0.25) is 11.8 Å². The Morgan fingerprint density at radius 2 is 1.53 bits per heavy atom. The molecule has 2 heterocycles. The number of rotatable bonds is 7. The number of amides is 2. The molecule has 1 aromatic carbocycles. The highest BCUT2D eigenvalue weighted by Gasteiger charge is 2.53. The average Bonchev–Trinajstić information content (AvgIpc) is 3.61. The molecule has 45 heavy (non-hydrogen) atoms. The van der Waals surface area contributed by atoms with Crippen molar-refractivity contribution in [3.05, 3.63) is 59.3 Å². The Kier molecular flexibility index (Phi) is 12.3. The Morgan fingerprint density at radius 3 is 2.00 bits per heavy atom. The topological polar surface area (TPSA) is 184 Å². The molecule has 0 spiro atoms. The number of carbonyl (C=O) groups is 4. The van der Waals surface area contributed by atoms with E-state index >= 15 is 0 Å². The van der Waals surface area contributed by atoms with Crippen LogP contribution in [0.25, 0.3) is 0 Å². The van der Waals surface area contributed by atoms with E-state index in [2.05, 4.69) is 45.2 Å². The number of halogens is 6. The van der Waals surface area contributed by atoms with Crippen LogP contribution in [0, 0.1) is 12.8 Å². The number of carbonyl (C=O) groups excluding carboxylic acids is 2. The van der Waals surface area contributed by atoms with Crippen molar-refractivity contribution in [2.75, 3.05) is 12.3 Å². The highest BCUT2D eigenvalue weighted by Crippen LogP contribution is 2.56. The van der Waals surface area contributed by atoms with Gasteiger partial charge in [0.25, 0.3) is 0 Å². The van der Waals surface area contributed by atoms with E-state index in [-0.39, 0.29) is 23.3 Å². The Morgan fingerprint density at radius 1 is 1.00 bits per heavy atom. The van der Waals surface area contributed by atoms with Crippen molar-refractivity contribution in [3.63, 3.8) is 0 Å². The van der Waals surface area contributed by atoms with Gasteiger partial charge < -0.3 is 31.9 Å². The first-order chi connectivity index (χ1) is 20.8. The van der Waals surface area contributed by atoms with Crippen LogP contribution in [0.2, 0.25) is 0 Å². The highest BCUT2D eigenvalue weighted by atomic mass is 19.4. The van der Waals surface area contributed by atoms with Crippen LogP contribution in [0.1, 0.15) is 43.0 Å². The zero-order valence-corrected chi connectivity index (χ0v) is 24.1. The smallest absolute Gasteiger partial charge is 0.475 e. The molecule has 7 N–H and O–H groups in total. The summed E-state index contributed by atoms with van der Waals surface area (Å²) < 4.78 is 63.5. The minimum Gasteiger partial charge on any atom is -0.475 e. The van der Waals surface area contributed by atoms with Gasteiger partial charge in [0.05, 0.1) is 6.04 Å². The molecular weight excluding hydrogens is 616 g/mol. The van der Waals surface area contributed by atoms with Crippen molar-refractivity contribution in [2.24, 2.45) is 5.92 Å². The molecule has 1 aliphatic heterocycles. The van der Waals surface area contributed by atoms with E-state index in [0.717, 1.165) is 24.2 Å². The van der Waals surface area contributed by atoms with Crippen molar-refractivity contribution in [3.8, 4) is 0 Å². The number of hydrogen-bond acceptors (Lipinski definition) is 7. The number of pyridine rings is 1. The van der Waals surface area contributed by atoms with Gasteiger partial charge in [0.1, 0.15) is 11.9 Å². The summed E-state index contributed by atoms with van der Waals surface area (Å²) in [5.41, 5.74) is 8.93. The standard InChI is InChI=1S/C24H31N5O2.2C2HF3O2/c1-15-17(8-9-21(25)28-15)13-27-22(30)16(2)29-23(31)20-12-19(14-26-20)24(10-11-24)18-6-4-3-5-7-18;2*3-2(4,5)1(6)7/h3-9,16,19-20,26H,10-14H2,1-2H3,(H2,25,28)(H,27,30)(H,29,31);2*(H,6,7)/t16-,19-,20+;;/m0../s1. The van der Waals surface area contributed by atoms with Gasteiger partial charge in [0.15, 0.2) is 0 Å². The number of alkyl halides is 6. The number of nitrogen functional groups attached to an aromatic ring is 1. The van der Waals surface area contributed by atoms with E-state index in [1.54, 1.807) is 13.0 Å². The molecule has 3 atom stereocenters. The third kappa shape index (κ3) is 10.9. The lowest BCUT2D eigenvalue weighted by Gasteiger charge is -2.23. The molecular formula is C28H33F6N5O6. The second-order valence-electron chi connectivity index (χ2n) is 10.5. The van der Waals surface area contributed by atoms with Gasteiger partial charge in [-0.05, 0) is 68.2 Å². The van der Waals surface area contributed by atoms with Gasteiger partial charge in [-0.3, -0.25) is 9.59 Å². The summed E-state index contributed by atoms with van der Waals surface area (Å²) in [4.78, 5) is 47.2. The lowest BCUT2D eigenvalue weighted by atomic mass is 9.81. The molecule has 11 nitrogen and oxygen atoms in total. The molecule has 248 valence electrons. The highest BCUT2D eigenvalue weighted by molar-refractivity contribution is 5.89. The molecule has 1 saturated heterocycles. The number of carboxylic acids is 2. The van der Waals surface area contributed by atoms with E-state index in [0.29, 0.717) is 18.3 Å². The van der Waals surface area contributed by atoms with Gasteiger partial charge >= 0.3 is 24.3 Å². The molecule has 1 saturated carbocycles. The Balaban J connectivity index is 0.000000421. The monoisotopic (exact) mass is 649 g/mol. The summed E-state index contributed by atoms with van der Waals surface area (Å²) >= 11 is 0. The predicted octanol–water partition coefficient (Wildman–Crippen LogP) is 3.07. The Labute approximate surface area is 253 Å². The number of aliphatic carboxylic acids is 2. The van der Waals surface area contributed by atoms with Crippen LogP contribution >= 0.6 is 0 Å². The van der Waals surface area contributed by atoms with Crippen LogP contribution in [0.5, 0.6) is 0 Å². The molecule has 2 fully saturated rings. The third-order valence-electron chi connectivity index (χ3n) is 7.27. The number of nitrogens with one attached hydrogen (secondary N) is 3. The first kappa shape index (κ1) is 36.8. The summed E-state index contributed by atoms with van der Waals surface area (Å²) in [6.45, 7) is 4.74. The fourth-order valence-electron chi connectivity index (χ4n) is 4.70. The van der Waals surface area contributed by atoms with E-state index < -0.39 is 30.3 Å². The Bertz CT molecular complexity index is 1330. The fraction of sp³-hybridized carbons (Fsp3) is 0.464. The number of anilines is 1. The zero-order chi connectivity index (χ0) is 34.2. The second-order valence-corrected chi connectivity index (χ2v) is 10.5. The number of aryl methyl sites for hydroxylation is 1. The lowest BCUT2D eigenvalue weighted by Crippen LogP contribution is -2.50. The van der Waals surface area contributed by atoms with Crippen molar-refractivity contribution in [2.45, 2.75) is 69.5 Å². The van der Waals surface area contributed by atoms with E-state index in [9.17, 15) is 35.9 Å².